The molecule has 1 aliphatic rings. The first-order valence-electron chi connectivity index (χ1n) is 6.26. The number of nitrogen functional groups attached to an aromatic ring is 1. The lowest BCUT2D eigenvalue weighted by Crippen LogP contribution is -2.05. The minimum absolute atomic E-state index is 0.464. The van der Waals surface area contributed by atoms with E-state index in [9.17, 15) is 0 Å². The molecule has 0 bridgehead atoms. The van der Waals surface area contributed by atoms with Crippen molar-refractivity contribution in [3.05, 3.63) is 35.1 Å². The third-order valence-electron chi connectivity index (χ3n) is 3.33. The zero-order valence-electron chi connectivity index (χ0n) is 10.4. The molecular weight excluding hydrogens is 258 g/mol. The van der Waals surface area contributed by atoms with Crippen molar-refractivity contribution in [1.82, 2.24) is 9.55 Å². The van der Waals surface area contributed by atoms with Gasteiger partial charge in [-0.2, -0.15) is 0 Å². The Labute approximate surface area is 117 Å². The average Bonchev–Trinajstić information content (AvgIpc) is 3.17. The van der Waals surface area contributed by atoms with Crippen LogP contribution in [-0.2, 0) is 6.54 Å². The topological polar surface area (TPSA) is 43.8 Å². The number of terminal acetylenes is 1. The molecule has 1 heterocycles. The van der Waals surface area contributed by atoms with Crippen LogP contribution in [0.3, 0.4) is 0 Å². The molecule has 3 rings (SSSR count). The van der Waals surface area contributed by atoms with Gasteiger partial charge in [0.1, 0.15) is 17.3 Å². The van der Waals surface area contributed by atoms with Gasteiger partial charge in [-0.3, -0.25) is 0 Å². The maximum Gasteiger partial charge on any atom is 0.132 e. The maximum absolute atomic E-state index is 6.20. The second-order valence-electron chi connectivity index (χ2n) is 4.78. The van der Waals surface area contributed by atoms with Crippen molar-refractivity contribution >= 4 is 17.4 Å². The monoisotopic (exact) mass is 271 g/mol. The first-order chi connectivity index (χ1) is 9.20. The van der Waals surface area contributed by atoms with Crippen LogP contribution in [0.4, 0.5) is 5.82 Å². The highest BCUT2D eigenvalue weighted by atomic mass is 35.5. The zero-order chi connectivity index (χ0) is 13.4. The molecule has 3 nitrogen and oxygen atoms in total. The van der Waals surface area contributed by atoms with Gasteiger partial charge in [-0.15, -0.1) is 6.42 Å². The number of nitrogens with zero attached hydrogens (tertiary/aromatic N) is 2. The summed E-state index contributed by atoms with van der Waals surface area (Å²) in [4.78, 5) is 4.69. The number of rotatable bonds is 3. The van der Waals surface area contributed by atoms with Gasteiger partial charge in [0.2, 0.25) is 0 Å². The number of aromatic nitrogens is 2. The minimum atomic E-state index is 0.464. The van der Waals surface area contributed by atoms with E-state index in [1.165, 1.54) is 0 Å². The van der Waals surface area contributed by atoms with E-state index in [0.717, 1.165) is 29.9 Å². The number of hydrogen-bond donors (Lipinski definition) is 1. The molecule has 1 aromatic heterocycles. The molecule has 96 valence electrons. The Hall–Kier alpha value is -1.92. The highest BCUT2D eigenvalue weighted by Crippen LogP contribution is 2.42. The Kier molecular flexibility index (Phi) is 2.96. The van der Waals surface area contributed by atoms with E-state index >= 15 is 0 Å². The number of nitrogens with two attached hydrogens (primary N) is 1. The van der Waals surface area contributed by atoms with Gasteiger partial charge in [0.15, 0.2) is 0 Å². The summed E-state index contributed by atoms with van der Waals surface area (Å²) in [5, 5.41) is 0.677. The van der Waals surface area contributed by atoms with Crippen molar-refractivity contribution in [1.29, 1.82) is 0 Å². The molecule has 0 atom stereocenters. The lowest BCUT2D eigenvalue weighted by Gasteiger charge is -2.04. The maximum atomic E-state index is 6.20. The average molecular weight is 272 g/mol. The van der Waals surface area contributed by atoms with Gasteiger partial charge in [-0.1, -0.05) is 29.7 Å². The number of halogens is 1. The number of benzene rings is 1. The molecule has 2 N–H and O–H groups in total. The van der Waals surface area contributed by atoms with Gasteiger partial charge in [-0.25, -0.2) is 4.98 Å². The molecule has 1 saturated carbocycles. The Morgan fingerprint density at radius 1 is 1.47 bits per heavy atom. The van der Waals surface area contributed by atoms with E-state index in [4.69, 9.17) is 23.8 Å². The van der Waals surface area contributed by atoms with Gasteiger partial charge in [0, 0.05) is 16.5 Å². The fourth-order valence-electron chi connectivity index (χ4n) is 2.24. The summed E-state index contributed by atoms with van der Waals surface area (Å²) in [5.41, 5.74) is 7.91. The van der Waals surface area contributed by atoms with E-state index in [2.05, 4.69) is 10.9 Å². The Balaban J connectivity index is 2.12. The van der Waals surface area contributed by atoms with Gasteiger partial charge in [0.25, 0.3) is 0 Å². The fraction of sp³-hybridized carbons (Fsp3) is 0.267. The van der Waals surface area contributed by atoms with E-state index in [1.807, 2.05) is 28.8 Å². The van der Waals surface area contributed by atoms with Gasteiger partial charge < -0.3 is 10.3 Å². The van der Waals surface area contributed by atoms with Crippen molar-refractivity contribution in [3.63, 3.8) is 0 Å². The molecule has 4 heteroatoms. The SMILES string of the molecule is C#CCn1c(C2CC2)nc(-c2cccc(Cl)c2)c1N. The number of hydrogen-bond acceptors (Lipinski definition) is 2. The highest BCUT2D eigenvalue weighted by molar-refractivity contribution is 6.30. The van der Waals surface area contributed by atoms with Crippen molar-refractivity contribution in [3.8, 4) is 23.6 Å². The third kappa shape index (κ3) is 2.20. The van der Waals surface area contributed by atoms with Crippen LogP contribution >= 0.6 is 11.6 Å². The van der Waals surface area contributed by atoms with Crippen LogP contribution in [-0.4, -0.2) is 9.55 Å². The summed E-state index contributed by atoms with van der Waals surface area (Å²) >= 11 is 6.02. The van der Waals surface area contributed by atoms with E-state index < -0.39 is 0 Å². The first-order valence-corrected chi connectivity index (χ1v) is 6.64. The predicted molar refractivity (Wildman–Crippen MR) is 77.9 cm³/mol. The zero-order valence-corrected chi connectivity index (χ0v) is 11.2. The molecule has 1 fully saturated rings. The summed E-state index contributed by atoms with van der Waals surface area (Å²) in [5.74, 6) is 4.78. The van der Waals surface area contributed by atoms with Crippen LogP contribution in [0.5, 0.6) is 0 Å². The van der Waals surface area contributed by atoms with Gasteiger partial charge in [-0.05, 0) is 25.0 Å². The lowest BCUT2D eigenvalue weighted by molar-refractivity contribution is 0.762. The van der Waals surface area contributed by atoms with E-state index in [1.54, 1.807) is 0 Å². The minimum Gasteiger partial charge on any atom is -0.383 e. The summed E-state index contributed by atoms with van der Waals surface area (Å²) < 4.78 is 1.94. The standard InChI is InChI=1S/C15H14ClN3/c1-2-8-19-14(17)13(18-15(19)10-6-7-10)11-4-3-5-12(16)9-11/h1,3-5,9-10H,6-8,17H2. The molecule has 0 aliphatic heterocycles. The quantitative estimate of drug-likeness (QED) is 0.871. The van der Waals surface area contributed by atoms with Gasteiger partial charge >= 0.3 is 0 Å². The normalized spacial score (nSPS) is 14.3. The van der Waals surface area contributed by atoms with Crippen molar-refractivity contribution < 1.29 is 0 Å². The smallest absolute Gasteiger partial charge is 0.132 e. The van der Waals surface area contributed by atoms with E-state index in [-0.39, 0.29) is 0 Å². The van der Waals surface area contributed by atoms with Crippen LogP contribution in [0, 0.1) is 12.3 Å². The summed E-state index contributed by atoms with van der Waals surface area (Å²) in [6.45, 7) is 0.464. The summed E-state index contributed by atoms with van der Waals surface area (Å²) in [7, 11) is 0. The van der Waals surface area contributed by atoms with Crippen LogP contribution in [0.2, 0.25) is 5.02 Å². The molecular formula is C15H14ClN3. The Bertz CT molecular complexity index is 663. The molecule has 0 spiro atoms. The number of anilines is 1. The molecule has 0 unspecified atom stereocenters. The van der Waals surface area contributed by atoms with Crippen LogP contribution in [0.1, 0.15) is 24.6 Å². The predicted octanol–water partition coefficient (Wildman–Crippen LogP) is 3.30. The van der Waals surface area contributed by atoms with Crippen molar-refractivity contribution in [2.75, 3.05) is 5.73 Å². The molecule has 1 aliphatic carbocycles. The third-order valence-corrected chi connectivity index (χ3v) is 3.56. The molecule has 0 amide bonds. The largest absolute Gasteiger partial charge is 0.383 e. The summed E-state index contributed by atoms with van der Waals surface area (Å²) in [6, 6.07) is 7.56. The van der Waals surface area contributed by atoms with Crippen LogP contribution in [0.25, 0.3) is 11.3 Å². The fourth-order valence-corrected chi connectivity index (χ4v) is 2.43. The van der Waals surface area contributed by atoms with Crippen LogP contribution < -0.4 is 5.73 Å². The Morgan fingerprint density at radius 2 is 2.26 bits per heavy atom. The molecule has 0 saturated heterocycles. The second kappa shape index (κ2) is 4.64. The van der Waals surface area contributed by atoms with Gasteiger partial charge in [0.05, 0.1) is 6.54 Å². The number of imidazole rings is 1. The summed E-state index contributed by atoms with van der Waals surface area (Å²) in [6.07, 6.45) is 7.74. The van der Waals surface area contributed by atoms with Crippen LogP contribution in [0.15, 0.2) is 24.3 Å². The Morgan fingerprint density at radius 3 is 2.89 bits per heavy atom. The van der Waals surface area contributed by atoms with E-state index in [0.29, 0.717) is 23.3 Å². The molecule has 0 radical (unpaired) electrons. The lowest BCUT2D eigenvalue weighted by atomic mass is 10.1. The second-order valence-corrected chi connectivity index (χ2v) is 5.22. The van der Waals surface area contributed by atoms with Crippen molar-refractivity contribution in [2.45, 2.75) is 25.3 Å². The molecule has 19 heavy (non-hydrogen) atoms. The molecule has 2 aromatic rings. The van der Waals surface area contributed by atoms with Crippen molar-refractivity contribution in [2.24, 2.45) is 0 Å². The highest BCUT2D eigenvalue weighted by Gasteiger charge is 2.30. The molecule has 1 aromatic carbocycles. The first kappa shape index (κ1) is 12.1.